The molecule has 13 heavy (non-hydrogen) atoms. The number of nitrogens with zero attached hydrogens (tertiary/aromatic N) is 4. The Morgan fingerprint density at radius 1 is 1.54 bits per heavy atom. The predicted octanol–water partition coefficient (Wildman–Crippen LogP) is -1.12. The van der Waals surface area contributed by atoms with Crippen molar-refractivity contribution in [2.75, 3.05) is 17.3 Å². The quantitative estimate of drug-likeness (QED) is 0.596. The lowest BCUT2D eigenvalue weighted by atomic mass is 10.6. The first-order valence-electron chi connectivity index (χ1n) is 3.46. The normalized spacial score (nSPS) is 16.4. The highest BCUT2D eigenvalue weighted by atomic mass is 16.7. The molecule has 1 aliphatic heterocycles. The molecule has 0 unspecified atom stereocenters. The lowest BCUT2D eigenvalue weighted by Gasteiger charge is -2.10. The van der Waals surface area contributed by atoms with Gasteiger partial charge in [-0.05, 0) is 5.16 Å². The summed E-state index contributed by atoms with van der Waals surface area (Å²) in [5, 5.41) is 4.60. The fraction of sp³-hybridized carbons (Fsp3) is 0.200. The van der Waals surface area contributed by atoms with Crippen LogP contribution in [0, 0.1) is 6.73 Å². The molecule has 1 radical (unpaired) electrons. The Balaban J connectivity index is 2.22. The zero-order chi connectivity index (χ0) is 9.26. The third kappa shape index (κ3) is 1.32. The number of rotatable bonds is 2. The molecule has 4 N–H and O–H groups in total. The standard InChI is InChI=1S/C5H7N6O2/c6-1-3-8-2-12-11(3)5-9-4(7)10-13-5/h2H,1,6H2,(H2,7,10). The van der Waals surface area contributed by atoms with E-state index in [-0.39, 0.29) is 18.5 Å². The average molecular weight is 183 g/mol. The highest BCUT2D eigenvalue weighted by Crippen LogP contribution is 2.17. The number of aromatic nitrogens is 2. The van der Waals surface area contributed by atoms with E-state index >= 15 is 0 Å². The van der Waals surface area contributed by atoms with Gasteiger partial charge in [-0.25, -0.2) is 9.83 Å². The third-order valence-electron chi connectivity index (χ3n) is 1.38. The summed E-state index contributed by atoms with van der Waals surface area (Å²) in [6, 6.07) is 0.107. The summed E-state index contributed by atoms with van der Waals surface area (Å²) in [6.45, 7) is 1.43. The van der Waals surface area contributed by atoms with Gasteiger partial charge in [0.25, 0.3) is 5.95 Å². The van der Waals surface area contributed by atoms with Gasteiger partial charge in [-0.15, -0.1) is 0 Å². The monoisotopic (exact) mass is 183 g/mol. The summed E-state index contributed by atoms with van der Waals surface area (Å²) in [5.41, 5.74) is 10.6. The molecule has 0 aromatic carbocycles. The smallest absolute Gasteiger partial charge is 0.355 e. The average Bonchev–Trinajstić information content (AvgIpc) is 2.71. The number of anilines is 2. The second-order valence-electron chi connectivity index (χ2n) is 2.19. The minimum absolute atomic E-state index is 0.0295. The van der Waals surface area contributed by atoms with Crippen molar-refractivity contribution in [3.8, 4) is 0 Å². The van der Waals surface area contributed by atoms with Gasteiger partial charge in [-0.2, -0.15) is 10.0 Å². The van der Waals surface area contributed by atoms with Crippen LogP contribution in [-0.4, -0.2) is 22.5 Å². The van der Waals surface area contributed by atoms with E-state index in [1.807, 2.05) is 0 Å². The minimum Gasteiger partial charge on any atom is -0.365 e. The number of hydrogen-bond acceptors (Lipinski definition) is 8. The fourth-order valence-electron chi connectivity index (χ4n) is 0.845. The summed E-state index contributed by atoms with van der Waals surface area (Å²) >= 11 is 0. The lowest BCUT2D eigenvalue weighted by molar-refractivity contribution is 0.207. The minimum atomic E-state index is 0.0295. The SMILES string of the molecule is NCC1=N[CH]ON1c1nc(N)no1. The van der Waals surface area contributed by atoms with Crippen molar-refractivity contribution >= 4 is 17.8 Å². The van der Waals surface area contributed by atoms with Gasteiger partial charge < -0.3 is 16.0 Å². The molecule has 8 heteroatoms. The maximum absolute atomic E-state index is 5.37. The highest BCUT2D eigenvalue weighted by molar-refractivity contribution is 5.97. The van der Waals surface area contributed by atoms with Crippen molar-refractivity contribution in [2.45, 2.75) is 0 Å². The molecule has 0 spiro atoms. The van der Waals surface area contributed by atoms with Crippen molar-refractivity contribution in [2.24, 2.45) is 10.7 Å². The Hall–Kier alpha value is -1.67. The first kappa shape index (κ1) is 7.95. The molecular formula is C5H7N6O2. The number of aliphatic imine (C=N–C) groups is 1. The van der Waals surface area contributed by atoms with Crippen LogP contribution in [0.25, 0.3) is 0 Å². The second kappa shape index (κ2) is 2.99. The maximum Gasteiger partial charge on any atom is 0.355 e. The summed E-state index contributed by atoms with van der Waals surface area (Å²) in [6.07, 6.45) is 0. The van der Waals surface area contributed by atoms with Crippen LogP contribution in [0.1, 0.15) is 0 Å². The van der Waals surface area contributed by atoms with E-state index in [9.17, 15) is 0 Å². The molecule has 0 aliphatic carbocycles. The highest BCUT2D eigenvalue weighted by Gasteiger charge is 2.24. The van der Waals surface area contributed by atoms with Crippen molar-refractivity contribution in [3.05, 3.63) is 6.73 Å². The van der Waals surface area contributed by atoms with Crippen LogP contribution in [-0.2, 0) is 4.84 Å². The molecule has 0 fully saturated rings. The van der Waals surface area contributed by atoms with Gasteiger partial charge in [-0.1, -0.05) is 0 Å². The maximum atomic E-state index is 5.37. The lowest BCUT2D eigenvalue weighted by Crippen LogP contribution is -2.31. The number of amidine groups is 1. The largest absolute Gasteiger partial charge is 0.365 e. The van der Waals surface area contributed by atoms with Crippen molar-refractivity contribution in [1.29, 1.82) is 0 Å². The molecule has 2 heterocycles. The molecule has 1 aliphatic rings. The first-order chi connectivity index (χ1) is 6.31. The van der Waals surface area contributed by atoms with Gasteiger partial charge in [0.15, 0.2) is 5.84 Å². The van der Waals surface area contributed by atoms with Crippen molar-refractivity contribution in [1.82, 2.24) is 10.1 Å². The van der Waals surface area contributed by atoms with Gasteiger partial charge in [0.05, 0.1) is 6.54 Å². The third-order valence-corrected chi connectivity index (χ3v) is 1.38. The number of nitrogens with two attached hydrogens (primary N) is 2. The second-order valence-corrected chi connectivity index (χ2v) is 2.19. The van der Waals surface area contributed by atoms with Gasteiger partial charge in [0, 0.05) is 0 Å². The molecule has 2 rings (SSSR count). The zero-order valence-electron chi connectivity index (χ0n) is 6.54. The Kier molecular flexibility index (Phi) is 1.83. The molecule has 0 saturated heterocycles. The molecule has 0 saturated carbocycles. The van der Waals surface area contributed by atoms with E-state index < -0.39 is 0 Å². The first-order valence-corrected chi connectivity index (χ1v) is 3.46. The summed E-state index contributed by atoms with van der Waals surface area (Å²) in [4.78, 5) is 12.5. The van der Waals surface area contributed by atoms with Crippen LogP contribution >= 0.6 is 0 Å². The molecule has 8 nitrogen and oxygen atoms in total. The van der Waals surface area contributed by atoms with Gasteiger partial charge in [0.1, 0.15) is 0 Å². The summed E-state index contributed by atoms with van der Waals surface area (Å²) in [7, 11) is 0. The molecular weight excluding hydrogens is 176 g/mol. The molecule has 0 bridgehead atoms. The Labute approximate surface area is 73.1 Å². The van der Waals surface area contributed by atoms with E-state index in [1.165, 1.54) is 11.8 Å². The van der Waals surface area contributed by atoms with E-state index in [0.717, 1.165) is 0 Å². The summed E-state index contributed by atoms with van der Waals surface area (Å²) in [5.74, 6) is 0.505. The number of nitrogen functional groups attached to an aromatic ring is 1. The van der Waals surface area contributed by atoms with Crippen LogP contribution in [0.4, 0.5) is 12.0 Å². The van der Waals surface area contributed by atoms with Gasteiger partial charge >= 0.3 is 6.01 Å². The van der Waals surface area contributed by atoms with Gasteiger partial charge in [-0.3, -0.25) is 0 Å². The number of hydroxylamine groups is 1. The van der Waals surface area contributed by atoms with Crippen LogP contribution in [0.2, 0.25) is 0 Å². The van der Waals surface area contributed by atoms with E-state index in [1.54, 1.807) is 0 Å². The van der Waals surface area contributed by atoms with E-state index in [2.05, 4.69) is 15.1 Å². The van der Waals surface area contributed by atoms with Crippen LogP contribution in [0.5, 0.6) is 0 Å². The van der Waals surface area contributed by atoms with E-state index in [4.69, 9.17) is 20.8 Å². The van der Waals surface area contributed by atoms with Crippen LogP contribution in [0.3, 0.4) is 0 Å². The van der Waals surface area contributed by atoms with Crippen molar-refractivity contribution in [3.63, 3.8) is 0 Å². The van der Waals surface area contributed by atoms with E-state index in [0.29, 0.717) is 5.84 Å². The molecule has 69 valence electrons. The summed E-state index contributed by atoms with van der Waals surface area (Å²) < 4.78 is 4.74. The van der Waals surface area contributed by atoms with Crippen molar-refractivity contribution < 1.29 is 9.36 Å². The molecule has 0 amide bonds. The fourth-order valence-corrected chi connectivity index (χ4v) is 0.845. The Morgan fingerprint density at radius 2 is 2.38 bits per heavy atom. The topological polar surface area (TPSA) is 116 Å². The zero-order valence-corrected chi connectivity index (χ0v) is 6.54. The molecule has 1 aromatic rings. The Bertz CT molecular complexity index is 334. The Morgan fingerprint density at radius 3 is 3.00 bits per heavy atom. The molecule has 1 aromatic heterocycles. The predicted molar refractivity (Wildman–Crippen MR) is 43.1 cm³/mol. The number of hydrogen-bond donors (Lipinski definition) is 2. The van der Waals surface area contributed by atoms with Gasteiger partial charge in [0.2, 0.25) is 6.73 Å². The molecule has 0 atom stereocenters. The van der Waals surface area contributed by atoms with Crippen LogP contribution in [0.15, 0.2) is 9.52 Å². The van der Waals surface area contributed by atoms with Crippen LogP contribution < -0.4 is 16.5 Å².